The van der Waals surface area contributed by atoms with Crippen LogP contribution in [-0.2, 0) is 20.8 Å². The van der Waals surface area contributed by atoms with Crippen molar-refractivity contribution >= 4 is 40.6 Å². The van der Waals surface area contributed by atoms with E-state index in [2.05, 4.69) is 15.6 Å². The van der Waals surface area contributed by atoms with Gasteiger partial charge in [0.15, 0.2) is 5.58 Å². The van der Waals surface area contributed by atoms with Gasteiger partial charge in [-0.15, -0.1) is 0 Å². The number of carboxylic acid groups (broad SMARTS) is 1. The van der Waals surface area contributed by atoms with Gasteiger partial charge in [0, 0.05) is 18.2 Å². The molecule has 1 aliphatic heterocycles. The fraction of sp³-hybridized carbons (Fsp3) is 0.429. The first kappa shape index (κ1) is 25.7. The summed E-state index contributed by atoms with van der Waals surface area (Å²) >= 11 is 0. The molecule has 1 aliphatic carbocycles. The number of fused-ring (bicyclic) bond motifs is 1. The Morgan fingerprint density at radius 3 is 2.63 bits per heavy atom. The van der Waals surface area contributed by atoms with Crippen molar-refractivity contribution in [3.05, 3.63) is 53.6 Å². The Hall–Kier alpha value is -3.95. The van der Waals surface area contributed by atoms with Gasteiger partial charge in [-0.3, -0.25) is 14.4 Å². The fourth-order valence-electron chi connectivity index (χ4n) is 5.33. The number of aliphatic carboxylic acids is 1. The van der Waals surface area contributed by atoms with E-state index in [1.54, 1.807) is 18.2 Å². The lowest BCUT2D eigenvalue weighted by atomic mass is 9.86. The van der Waals surface area contributed by atoms with Crippen LogP contribution in [0.2, 0.25) is 0 Å². The Labute approximate surface area is 219 Å². The number of hydrogen-bond acceptors (Lipinski definition) is 6. The van der Waals surface area contributed by atoms with Crippen LogP contribution in [0.25, 0.3) is 11.1 Å². The summed E-state index contributed by atoms with van der Waals surface area (Å²) in [6.07, 6.45) is 0.774. The van der Waals surface area contributed by atoms with Crippen LogP contribution in [0.1, 0.15) is 43.2 Å². The Morgan fingerprint density at radius 1 is 1.13 bits per heavy atom. The van der Waals surface area contributed by atoms with E-state index in [1.807, 2.05) is 31.2 Å². The smallest absolute Gasteiger partial charge is 0.306 e. The monoisotopic (exact) mass is 522 g/mol. The van der Waals surface area contributed by atoms with E-state index in [4.69, 9.17) is 9.52 Å². The molecule has 1 saturated heterocycles. The topological polar surface area (TPSA) is 125 Å². The molecule has 2 amide bonds. The molecule has 0 bridgehead atoms. The van der Waals surface area contributed by atoms with Gasteiger partial charge >= 0.3 is 5.97 Å². The number of aryl methyl sites for hydroxylation is 1. The Balaban J connectivity index is 1.22. The fourth-order valence-corrected chi connectivity index (χ4v) is 5.33. The zero-order chi connectivity index (χ0) is 26.8. The molecule has 2 aliphatic rings. The molecule has 5 rings (SSSR count). The number of rotatable bonds is 7. The van der Waals surface area contributed by atoms with Gasteiger partial charge < -0.3 is 25.1 Å². The van der Waals surface area contributed by atoms with E-state index >= 15 is 0 Å². The highest BCUT2D eigenvalue weighted by molar-refractivity contribution is 5.90. The highest BCUT2D eigenvalue weighted by Crippen LogP contribution is 2.28. The first-order valence-electron chi connectivity index (χ1n) is 13.0. The highest BCUT2D eigenvalue weighted by Gasteiger charge is 2.40. The van der Waals surface area contributed by atoms with Crippen LogP contribution < -0.4 is 10.6 Å². The summed E-state index contributed by atoms with van der Waals surface area (Å²) in [7, 11) is 0. The lowest BCUT2D eigenvalue weighted by Gasteiger charge is -2.30. The molecule has 3 aromatic rings. The number of hydrogen-bond donors (Lipinski definition) is 3. The molecule has 2 atom stereocenters. The molecule has 2 unspecified atom stereocenters. The highest BCUT2D eigenvalue weighted by atomic mass is 19.1. The minimum absolute atomic E-state index is 0.00256. The van der Waals surface area contributed by atoms with Crippen molar-refractivity contribution in [1.29, 1.82) is 0 Å². The van der Waals surface area contributed by atoms with Gasteiger partial charge in [-0.2, -0.15) is 4.98 Å². The van der Waals surface area contributed by atoms with Crippen molar-refractivity contribution in [3.63, 3.8) is 0 Å². The maximum Gasteiger partial charge on any atom is 0.306 e. The normalized spacial score (nSPS) is 23.4. The standard InChI is InChI=1S/C28H31FN4O5/c1-16-4-2-3-5-21(16)31-28-32-22-11-6-17(12-24(22)38-28)13-25(34)33-15-19(29)14-23(33)26(35)30-20-9-7-18(8-10-20)27(36)37/h2-6,11-12,18-20,23H,7-10,13-15H2,1H3,(H,30,35)(H,31,32)(H,36,37). The predicted octanol–water partition coefficient (Wildman–Crippen LogP) is 4.12. The average molecular weight is 523 g/mol. The number of anilines is 2. The number of aromatic nitrogens is 1. The summed E-state index contributed by atoms with van der Waals surface area (Å²) in [5.74, 6) is -1.92. The number of nitrogens with zero attached hydrogens (tertiary/aromatic N) is 2. The van der Waals surface area contributed by atoms with Gasteiger partial charge in [0.05, 0.1) is 18.9 Å². The molecule has 1 saturated carbocycles. The van der Waals surface area contributed by atoms with Gasteiger partial charge in [0.1, 0.15) is 17.7 Å². The van der Waals surface area contributed by atoms with Crippen LogP contribution in [-0.4, -0.2) is 57.6 Å². The van der Waals surface area contributed by atoms with Crippen molar-refractivity contribution < 1.29 is 28.3 Å². The quantitative estimate of drug-likeness (QED) is 0.426. The van der Waals surface area contributed by atoms with Crippen molar-refractivity contribution in [2.45, 2.75) is 63.7 Å². The van der Waals surface area contributed by atoms with Gasteiger partial charge in [-0.1, -0.05) is 24.3 Å². The first-order valence-corrected chi connectivity index (χ1v) is 13.0. The molecular weight excluding hydrogens is 491 g/mol. The summed E-state index contributed by atoms with van der Waals surface area (Å²) in [5.41, 5.74) is 3.75. The molecule has 3 N–H and O–H groups in total. The second-order valence-corrected chi connectivity index (χ2v) is 10.2. The number of halogens is 1. The maximum absolute atomic E-state index is 14.4. The molecule has 200 valence electrons. The Bertz CT molecular complexity index is 1350. The van der Waals surface area contributed by atoms with Crippen LogP contribution in [0, 0.1) is 12.8 Å². The second-order valence-electron chi connectivity index (χ2n) is 10.2. The van der Waals surface area contributed by atoms with Crippen molar-refractivity contribution in [2.24, 2.45) is 5.92 Å². The third kappa shape index (κ3) is 5.64. The van der Waals surface area contributed by atoms with Crippen molar-refractivity contribution in [2.75, 3.05) is 11.9 Å². The number of carbonyl (C=O) groups is 3. The lowest BCUT2D eigenvalue weighted by Crippen LogP contribution is -2.50. The van der Waals surface area contributed by atoms with E-state index in [0.29, 0.717) is 48.4 Å². The summed E-state index contributed by atoms with van der Waals surface area (Å²) < 4.78 is 20.2. The van der Waals surface area contributed by atoms with Crippen LogP contribution in [0.15, 0.2) is 46.9 Å². The van der Waals surface area contributed by atoms with E-state index in [9.17, 15) is 18.8 Å². The molecule has 9 nitrogen and oxygen atoms in total. The number of carboxylic acids is 1. The molecule has 38 heavy (non-hydrogen) atoms. The number of amides is 2. The van der Waals surface area contributed by atoms with Gasteiger partial charge in [-0.05, 0) is 61.9 Å². The predicted molar refractivity (Wildman–Crippen MR) is 139 cm³/mol. The molecule has 10 heteroatoms. The second kappa shape index (κ2) is 10.8. The third-order valence-electron chi connectivity index (χ3n) is 7.49. The van der Waals surface area contributed by atoms with Gasteiger partial charge in [-0.25, -0.2) is 4.39 Å². The average Bonchev–Trinajstić information content (AvgIpc) is 3.48. The molecular formula is C28H31FN4O5. The Kier molecular flexibility index (Phi) is 7.31. The molecule has 2 fully saturated rings. The van der Waals surface area contributed by atoms with E-state index < -0.39 is 18.2 Å². The number of likely N-dealkylation sites (tertiary alicyclic amines) is 1. The summed E-state index contributed by atoms with van der Waals surface area (Å²) in [5, 5.41) is 15.2. The minimum atomic E-state index is -1.27. The lowest BCUT2D eigenvalue weighted by molar-refractivity contribution is -0.143. The van der Waals surface area contributed by atoms with E-state index in [1.165, 1.54) is 4.90 Å². The zero-order valence-electron chi connectivity index (χ0n) is 21.2. The number of oxazole rings is 1. The van der Waals surface area contributed by atoms with Crippen LogP contribution in [0.4, 0.5) is 16.1 Å². The van der Waals surface area contributed by atoms with Crippen LogP contribution in [0.3, 0.4) is 0 Å². The first-order chi connectivity index (χ1) is 18.3. The molecule has 1 aromatic heterocycles. The van der Waals surface area contributed by atoms with Crippen LogP contribution >= 0.6 is 0 Å². The van der Waals surface area contributed by atoms with E-state index in [-0.39, 0.29) is 43.2 Å². The Morgan fingerprint density at radius 2 is 1.89 bits per heavy atom. The number of alkyl halides is 1. The summed E-state index contributed by atoms with van der Waals surface area (Å²) in [4.78, 5) is 43.1. The van der Waals surface area contributed by atoms with Crippen LogP contribution in [0.5, 0.6) is 0 Å². The molecule has 0 spiro atoms. The SMILES string of the molecule is Cc1ccccc1Nc1nc2ccc(CC(=O)N3CC(F)CC3C(=O)NC3CCC(C(=O)O)CC3)cc2o1. The maximum atomic E-state index is 14.4. The van der Waals surface area contributed by atoms with E-state index in [0.717, 1.165) is 11.3 Å². The van der Waals surface area contributed by atoms with Crippen molar-refractivity contribution in [3.8, 4) is 0 Å². The number of nitrogens with one attached hydrogen (secondary N) is 2. The number of benzene rings is 2. The number of carbonyl (C=O) groups excluding carboxylic acids is 2. The van der Waals surface area contributed by atoms with Gasteiger partial charge in [0.25, 0.3) is 6.01 Å². The third-order valence-corrected chi connectivity index (χ3v) is 7.49. The minimum Gasteiger partial charge on any atom is -0.481 e. The molecule has 2 heterocycles. The largest absolute Gasteiger partial charge is 0.481 e. The number of para-hydroxylation sites is 1. The zero-order valence-corrected chi connectivity index (χ0v) is 21.2. The summed E-state index contributed by atoms with van der Waals surface area (Å²) in [6.45, 7) is 1.85. The van der Waals surface area contributed by atoms with Gasteiger partial charge in [0.2, 0.25) is 11.8 Å². The molecule has 0 radical (unpaired) electrons. The van der Waals surface area contributed by atoms with Crippen molar-refractivity contribution in [1.82, 2.24) is 15.2 Å². The molecule has 2 aromatic carbocycles. The summed E-state index contributed by atoms with van der Waals surface area (Å²) in [6, 6.07) is 12.3.